The number of hydrogen-bond donors (Lipinski definition) is 0. The molecule has 1 aromatic rings. The lowest BCUT2D eigenvalue weighted by atomic mass is 9.96. The van der Waals surface area contributed by atoms with E-state index in [2.05, 4.69) is 9.74 Å². The summed E-state index contributed by atoms with van der Waals surface area (Å²) >= 11 is 0. The fourth-order valence-corrected chi connectivity index (χ4v) is 3.83. The Morgan fingerprint density at radius 1 is 1.32 bits per heavy atom. The standard InChI is InChI=1S/C21H28FN3O3/c1-13-9-16(14(2)19(23-6)18(13)22)17-11-24-7-8-25(10-15(24)12-27-17)20(26)28-21(3,4)5/h9,15,17H,7-8,10-12H2,1-5H3/t15-,17-/m0/s1. The van der Waals surface area contributed by atoms with E-state index in [-0.39, 0.29) is 23.9 Å². The second-order valence-corrected chi connectivity index (χ2v) is 8.58. The highest BCUT2D eigenvalue weighted by atomic mass is 19.1. The zero-order valence-corrected chi connectivity index (χ0v) is 17.2. The topological polar surface area (TPSA) is 46.4 Å². The van der Waals surface area contributed by atoms with E-state index in [1.807, 2.05) is 20.8 Å². The van der Waals surface area contributed by atoms with Crippen LogP contribution in [0.5, 0.6) is 0 Å². The second kappa shape index (κ2) is 7.69. The van der Waals surface area contributed by atoms with Gasteiger partial charge in [0.2, 0.25) is 5.69 Å². The number of carbonyl (C=O) groups is 1. The number of aryl methyl sites for hydroxylation is 1. The number of amides is 1. The molecule has 0 saturated carbocycles. The molecular weight excluding hydrogens is 361 g/mol. The molecule has 1 amide bonds. The molecule has 0 bridgehead atoms. The van der Waals surface area contributed by atoms with Gasteiger partial charge in [-0.3, -0.25) is 4.90 Å². The van der Waals surface area contributed by atoms with E-state index < -0.39 is 11.4 Å². The smallest absolute Gasteiger partial charge is 0.410 e. The van der Waals surface area contributed by atoms with Crippen LogP contribution in [0.25, 0.3) is 4.85 Å². The van der Waals surface area contributed by atoms with Gasteiger partial charge in [0, 0.05) is 26.2 Å². The average molecular weight is 389 g/mol. The number of fused-ring (bicyclic) bond motifs is 1. The minimum atomic E-state index is -0.513. The summed E-state index contributed by atoms with van der Waals surface area (Å²) in [6, 6.07) is 1.90. The second-order valence-electron chi connectivity index (χ2n) is 8.58. The quantitative estimate of drug-likeness (QED) is 0.682. The van der Waals surface area contributed by atoms with Gasteiger partial charge >= 0.3 is 6.09 Å². The molecule has 7 heteroatoms. The summed E-state index contributed by atoms with van der Waals surface area (Å²) < 4.78 is 25.8. The number of rotatable bonds is 1. The molecule has 152 valence electrons. The number of ether oxygens (including phenoxy) is 2. The number of piperazine rings is 1. The molecule has 0 radical (unpaired) electrons. The van der Waals surface area contributed by atoms with Crippen molar-refractivity contribution in [3.63, 3.8) is 0 Å². The predicted octanol–water partition coefficient (Wildman–Crippen LogP) is 3.99. The van der Waals surface area contributed by atoms with Gasteiger partial charge in [0.25, 0.3) is 0 Å². The molecule has 0 N–H and O–H groups in total. The number of benzene rings is 1. The summed E-state index contributed by atoms with van der Waals surface area (Å²) in [6.45, 7) is 19.4. The maximum Gasteiger partial charge on any atom is 0.410 e. The highest BCUT2D eigenvalue weighted by molar-refractivity contribution is 5.68. The third kappa shape index (κ3) is 4.13. The summed E-state index contributed by atoms with van der Waals surface area (Å²) in [7, 11) is 0. The zero-order chi connectivity index (χ0) is 20.6. The summed E-state index contributed by atoms with van der Waals surface area (Å²) in [6.07, 6.45) is -0.495. The third-order valence-electron chi connectivity index (χ3n) is 5.32. The highest BCUT2D eigenvalue weighted by Crippen LogP contribution is 2.36. The van der Waals surface area contributed by atoms with E-state index in [9.17, 15) is 9.18 Å². The summed E-state index contributed by atoms with van der Waals surface area (Å²) in [5, 5.41) is 0. The van der Waals surface area contributed by atoms with Crippen molar-refractivity contribution in [2.45, 2.75) is 52.4 Å². The van der Waals surface area contributed by atoms with Gasteiger partial charge in [-0.1, -0.05) is 6.07 Å². The molecule has 0 aromatic heterocycles. The van der Waals surface area contributed by atoms with Crippen molar-refractivity contribution in [1.29, 1.82) is 0 Å². The van der Waals surface area contributed by atoms with E-state index in [0.29, 0.717) is 37.4 Å². The molecule has 2 aliphatic rings. The first-order chi connectivity index (χ1) is 13.1. The normalized spacial score (nSPS) is 23.1. The Morgan fingerprint density at radius 2 is 2.04 bits per heavy atom. The molecule has 6 nitrogen and oxygen atoms in total. The van der Waals surface area contributed by atoms with Crippen LogP contribution in [-0.2, 0) is 9.47 Å². The maximum absolute atomic E-state index is 14.2. The van der Waals surface area contributed by atoms with Crippen LogP contribution in [0.2, 0.25) is 0 Å². The monoisotopic (exact) mass is 389 g/mol. The highest BCUT2D eigenvalue weighted by Gasteiger charge is 2.37. The molecule has 28 heavy (non-hydrogen) atoms. The molecular formula is C21H28FN3O3. The molecule has 0 spiro atoms. The average Bonchev–Trinajstić information content (AvgIpc) is 2.63. The Hall–Kier alpha value is -2.17. The van der Waals surface area contributed by atoms with Crippen molar-refractivity contribution >= 4 is 11.8 Å². The van der Waals surface area contributed by atoms with Crippen molar-refractivity contribution in [1.82, 2.24) is 9.80 Å². The van der Waals surface area contributed by atoms with Crippen molar-refractivity contribution < 1.29 is 18.7 Å². The number of hydrogen-bond acceptors (Lipinski definition) is 4. The Labute approximate surface area is 166 Å². The Balaban J connectivity index is 1.70. The molecule has 2 aliphatic heterocycles. The number of morpholine rings is 1. The SMILES string of the molecule is [C-]#[N+]c1c(C)c([C@@H]2CN3CCN(C(=O)OC(C)(C)C)C[C@H]3CO2)cc(C)c1F. The fourth-order valence-electron chi connectivity index (χ4n) is 3.83. The third-order valence-corrected chi connectivity index (χ3v) is 5.32. The van der Waals surface area contributed by atoms with Gasteiger partial charge in [-0.15, -0.1) is 0 Å². The van der Waals surface area contributed by atoms with Crippen molar-refractivity contribution in [3.05, 3.63) is 40.0 Å². The minimum absolute atomic E-state index is 0.0791. The van der Waals surface area contributed by atoms with Crippen LogP contribution in [0, 0.1) is 26.2 Å². The lowest BCUT2D eigenvalue weighted by Crippen LogP contribution is -2.60. The lowest BCUT2D eigenvalue weighted by Gasteiger charge is -2.46. The first-order valence-corrected chi connectivity index (χ1v) is 9.61. The van der Waals surface area contributed by atoms with Crippen LogP contribution in [0.1, 0.15) is 43.6 Å². The Kier molecular flexibility index (Phi) is 5.64. The first kappa shape index (κ1) is 20.6. The number of halogens is 1. The number of nitrogens with zero attached hydrogens (tertiary/aromatic N) is 3. The first-order valence-electron chi connectivity index (χ1n) is 9.61. The van der Waals surface area contributed by atoms with Crippen LogP contribution >= 0.6 is 0 Å². The molecule has 2 fully saturated rings. The van der Waals surface area contributed by atoms with Crippen LogP contribution in [-0.4, -0.2) is 60.3 Å². The van der Waals surface area contributed by atoms with Crippen molar-refractivity contribution in [2.75, 3.05) is 32.8 Å². The van der Waals surface area contributed by atoms with E-state index in [4.69, 9.17) is 16.0 Å². The molecule has 2 saturated heterocycles. The maximum atomic E-state index is 14.2. The molecule has 3 rings (SSSR count). The number of carbonyl (C=O) groups excluding carboxylic acids is 1. The molecule has 0 aliphatic carbocycles. The molecule has 2 heterocycles. The predicted molar refractivity (Wildman–Crippen MR) is 104 cm³/mol. The van der Waals surface area contributed by atoms with Crippen LogP contribution in [0.15, 0.2) is 6.07 Å². The summed E-state index contributed by atoms with van der Waals surface area (Å²) in [5.74, 6) is -0.448. The van der Waals surface area contributed by atoms with E-state index in [0.717, 1.165) is 12.1 Å². The summed E-state index contributed by atoms with van der Waals surface area (Å²) in [5.41, 5.74) is 1.55. The largest absolute Gasteiger partial charge is 0.444 e. The minimum Gasteiger partial charge on any atom is -0.444 e. The summed E-state index contributed by atoms with van der Waals surface area (Å²) in [4.78, 5) is 19.8. The van der Waals surface area contributed by atoms with Crippen LogP contribution in [0.3, 0.4) is 0 Å². The Morgan fingerprint density at radius 3 is 2.68 bits per heavy atom. The van der Waals surface area contributed by atoms with E-state index >= 15 is 0 Å². The van der Waals surface area contributed by atoms with Gasteiger partial charge < -0.3 is 14.4 Å². The molecule has 2 atom stereocenters. The Bertz CT molecular complexity index is 813. The molecule has 0 unspecified atom stereocenters. The van der Waals surface area contributed by atoms with Gasteiger partial charge in [-0.25, -0.2) is 14.0 Å². The lowest BCUT2D eigenvalue weighted by molar-refractivity contribution is -0.0908. The van der Waals surface area contributed by atoms with Gasteiger partial charge in [-0.05, 0) is 51.3 Å². The zero-order valence-electron chi connectivity index (χ0n) is 17.2. The van der Waals surface area contributed by atoms with Crippen LogP contribution in [0.4, 0.5) is 14.9 Å². The van der Waals surface area contributed by atoms with E-state index in [1.54, 1.807) is 24.8 Å². The molecule has 1 aromatic carbocycles. The van der Waals surface area contributed by atoms with Gasteiger partial charge in [0.15, 0.2) is 0 Å². The van der Waals surface area contributed by atoms with E-state index in [1.165, 1.54) is 0 Å². The van der Waals surface area contributed by atoms with Crippen molar-refractivity contribution in [3.8, 4) is 0 Å². The van der Waals surface area contributed by atoms with Crippen LogP contribution < -0.4 is 0 Å². The fraction of sp³-hybridized carbons (Fsp3) is 0.619. The van der Waals surface area contributed by atoms with Gasteiger partial charge in [0.05, 0.1) is 25.3 Å². The van der Waals surface area contributed by atoms with Gasteiger partial charge in [-0.2, -0.15) is 0 Å². The van der Waals surface area contributed by atoms with Gasteiger partial charge in [0.1, 0.15) is 11.4 Å². The van der Waals surface area contributed by atoms with Crippen molar-refractivity contribution in [2.24, 2.45) is 0 Å².